The molecular formula is C24H28N2. The SMILES string of the molecule is CC(C)(C)c1ccc2[nH]c(CC(C)(C)c3ccc4cc[nH]c4c3)cc2c1. The van der Waals surface area contributed by atoms with Crippen LogP contribution in [0.1, 0.15) is 51.4 Å². The van der Waals surface area contributed by atoms with E-state index in [2.05, 4.69) is 93.1 Å². The number of hydrogen-bond donors (Lipinski definition) is 2. The molecule has 0 aliphatic heterocycles. The van der Waals surface area contributed by atoms with Crippen molar-refractivity contribution in [3.63, 3.8) is 0 Å². The third kappa shape index (κ3) is 3.05. The molecule has 0 spiro atoms. The van der Waals surface area contributed by atoms with E-state index in [0.29, 0.717) is 0 Å². The van der Waals surface area contributed by atoms with E-state index in [1.807, 2.05) is 6.20 Å². The first-order valence-electron chi connectivity index (χ1n) is 9.42. The minimum atomic E-state index is 0.0625. The van der Waals surface area contributed by atoms with E-state index in [4.69, 9.17) is 0 Å². The van der Waals surface area contributed by atoms with Crippen LogP contribution in [0.4, 0.5) is 0 Å². The van der Waals surface area contributed by atoms with Gasteiger partial charge in [0.05, 0.1) is 0 Å². The highest BCUT2D eigenvalue weighted by Gasteiger charge is 2.23. The Morgan fingerprint density at radius 1 is 0.731 bits per heavy atom. The van der Waals surface area contributed by atoms with Gasteiger partial charge in [-0.2, -0.15) is 0 Å². The van der Waals surface area contributed by atoms with Crippen molar-refractivity contribution in [1.29, 1.82) is 0 Å². The molecule has 0 aliphatic carbocycles. The third-order valence-electron chi connectivity index (χ3n) is 5.51. The normalized spacial score (nSPS) is 13.0. The van der Waals surface area contributed by atoms with Gasteiger partial charge in [-0.25, -0.2) is 0 Å². The molecule has 4 aromatic rings. The fourth-order valence-corrected chi connectivity index (χ4v) is 3.80. The van der Waals surface area contributed by atoms with Gasteiger partial charge in [0, 0.05) is 22.9 Å². The molecule has 0 saturated carbocycles. The topological polar surface area (TPSA) is 31.6 Å². The van der Waals surface area contributed by atoms with E-state index < -0.39 is 0 Å². The van der Waals surface area contributed by atoms with E-state index in [1.165, 1.54) is 38.6 Å². The molecule has 26 heavy (non-hydrogen) atoms. The zero-order valence-electron chi connectivity index (χ0n) is 16.4. The first-order chi connectivity index (χ1) is 12.2. The quantitative estimate of drug-likeness (QED) is 0.427. The molecule has 0 bridgehead atoms. The Bertz CT molecular complexity index is 1070. The van der Waals surface area contributed by atoms with Crippen LogP contribution in [0.25, 0.3) is 21.8 Å². The van der Waals surface area contributed by atoms with Crippen molar-refractivity contribution in [3.8, 4) is 0 Å². The number of aromatic nitrogens is 2. The molecule has 2 aromatic heterocycles. The maximum absolute atomic E-state index is 3.62. The van der Waals surface area contributed by atoms with Crippen molar-refractivity contribution in [2.75, 3.05) is 0 Å². The lowest BCUT2D eigenvalue weighted by atomic mass is 9.80. The van der Waals surface area contributed by atoms with Gasteiger partial charge in [-0.15, -0.1) is 0 Å². The Balaban J connectivity index is 1.66. The largest absolute Gasteiger partial charge is 0.361 e. The lowest BCUT2D eigenvalue weighted by Crippen LogP contribution is -2.20. The van der Waals surface area contributed by atoms with Crippen LogP contribution in [0, 0.1) is 0 Å². The highest BCUT2D eigenvalue weighted by Crippen LogP contribution is 2.32. The van der Waals surface area contributed by atoms with Gasteiger partial charge in [-0.1, -0.05) is 52.8 Å². The number of nitrogens with one attached hydrogen (secondary N) is 2. The van der Waals surface area contributed by atoms with Crippen molar-refractivity contribution in [1.82, 2.24) is 9.97 Å². The minimum Gasteiger partial charge on any atom is -0.361 e. The Labute approximate surface area is 155 Å². The summed E-state index contributed by atoms with van der Waals surface area (Å²) in [6.07, 6.45) is 2.99. The second-order valence-electron chi connectivity index (χ2n) is 9.19. The summed E-state index contributed by atoms with van der Waals surface area (Å²) < 4.78 is 0. The van der Waals surface area contributed by atoms with E-state index >= 15 is 0 Å². The average molecular weight is 345 g/mol. The summed E-state index contributed by atoms with van der Waals surface area (Å²) in [5, 5.41) is 2.58. The Hall–Kier alpha value is -2.48. The molecule has 0 fully saturated rings. The van der Waals surface area contributed by atoms with Gasteiger partial charge in [0.15, 0.2) is 0 Å². The summed E-state index contributed by atoms with van der Waals surface area (Å²) in [5.74, 6) is 0. The second kappa shape index (κ2) is 5.77. The molecule has 0 saturated heterocycles. The average Bonchev–Trinajstić information content (AvgIpc) is 3.17. The van der Waals surface area contributed by atoms with Crippen LogP contribution >= 0.6 is 0 Å². The molecular weight excluding hydrogens is 316 g/mol. The summed E-state index contributed by atoms with van der Waals surface area (Å²) in [4.78, 5) is 6.95. The van der Waals surface area contributed by atoms with Crippen molar-refractivity contribution in [2.45, 2.75) is 51.9 Å². The minimum absolute atomic E-state index is 0.0625. The molecule has 0 aliphatic rings. The summed E-state index contributed by atoms with van der Waals surface area (Å²) in [6.45, 7) is 11.4. The van der Waals surface area contributed by atoms with Gasteiger partial charge >= 0.3 is 0 Å². The predicted molar refractivity (Wildman–Crippen MR) is 112 cm³/mol. The van der Waals surface area contributed by atoms with E-state index in [-0.39, 0.29) is 10.8 Å². The number of rotatable bonds is 3. The number of aromatic amines is 2. The first kappa shape index (κ1) is 17.0. The van der Waals surface area contributed by atoms with Gasteiger partial charge in [0.1, 0.15) is 0 Å². The Morgan fingerprint density at radius 2 is 1.50 bits per heavy atom. The summed E-state index contributed by atoms with van der Waals surface area (Å²) in [5.41, 5.74) is 6.71. The van der Waals surface area contributed by atoms with Gasteiger partial charge in [-0.3, -0.25) is 0 Å². The molecule has 0 amide bonds. The van der Waals surface area contributed by atoms with Crippen molar-refractivity contribution in [3.05, 3.63) is 71.5 Å². The van der Waals surface area contributed by atoms with Crippen molar-refractivity contribution >= 4 is 21.8 Å². The number of benzene rings is 2. The molecule has 2 heterocycles. The van der Waals surface area contributed by atoms with E-state index in [0.717, 1.165) is 6.42 Å². The Kier molecular flexibility index (Phi) is 3.76. The van der Waals surface area contributed by atoms with E-state index in [9.17, 15) is 0 Å². The maximum atomic E-state index is 3.62. The highest BCUT2D eigenvalue weighted by atomic mass is 14.7. The molecule has 0 radical (unpaired) electrons. The van der Waals surface area contributed by atoms with Crippen LogP contribution in [0.5, 0.6) is 0 Å². The molecule has 2 aromatic carbocycles. The second-order valence-corrected chi connectivity index (χ2v) is 9.19. The summed E-state index contributed by atoms with van der Waals surface area (Å²) >= 11 is 0. The monoisotopic (exact) mass is 344 g/mol. The first-order valence-corrected chi connectivity index (χ1v) is 9.42. The van der Waals surface area contributed by atoms with Gasteiger partial charge < -0.3 is 9.97 Å². The highest BCUT2D eigenvalue weighted by molar-refractivity contribution is 5.82. The van der Waals surface area contributed by atoms with E-state index in [1.54, 1.807) is 0 Å². The van der Waals surface area contributed by atoms with Crippen LogP contribution in [0.3, 0.4) is 0 Å². The van der Waals surface area contributed by atoms with Crippen LogP contribution in [-0.4, -0.2) is 9.97 Å². The molecule has 0 unspecified atom stereocenters. The lowest BCUT2D eigenvalue weighted by molar-refractivity contribution is 0.517. The smallest absolute Gasteiger partial charge is 0.0456 e. The van der Waals surface area contributed by atoms with Gasteiger partial charge in [0.2, 0.25) is 0 Å². The van der Waals surface area contributed by atoms with Crippen LogP contribution in [0.2, 0.25) is 0 Å². The van der Waals surface area contributed by atoms with Crippen molar-refractivity contribution in [2.24, 2.45) is 0 Å². The molecule has 134 valence electrons. The molecule has 2 nitrogen and oxygen atoms in total. The summed E-state index contributed by atoms with van der Waals surface area (Å²) in [7, 11) is 0. The lowest BCUT2D eigenvalue weighted by Gasteiger charge is -2.25. The van der Waals surface area contributed by atoms with Crippen molar-refractivity contribution < 1.29 is 0 Å². The maximum Gasteiger partial charge on any atom is 0.0456 e. The molecule has 4 rings (SSSR count). The van der Waals surface area contributed by atoms with Gasteiger partial charge in [-0.05, 0) is 69.5 Å². The fourth-order valence-electron chi connectivity index (χ4n) is 3.80. The molecule has 2 N–H and O–H groups in total. The molecule has 0 atom stereocenters. The third-order valence-corrected chi connectivity index (χ3v) is 5.51. The Morgan fingerprint density at radius 3 is 2.27 bits per heavy atom. The number of hydrogen-bond acceptors (Lipinski definition) is 0. The summed E-state index contributed by atoms with van der Waals surface area (Å²) in [6, 6.07) is 18.0. The zero-order valence-corrected chi connectivity index (χ0v) is 16.4. The van der Waals surface area contributed by atoms with Crippen LogP contribution < -0.4 is 0 Å². The standard InChI is InChI=1S/C24H28N2/c1-23(2,3)18-8-9-21-17(12-18)13-20(26-21)15-24(4,5)19-7-6-16-10-11-25-22(16)14-19/h6-14,25-26H,15H2,1-5H3. The van der Waals surface area contributed by atoms with Gasteiger partial charge in [0.25, 0.3) is 0 Å². The molecule has 2 heteroatoms. The zero-order chi connectivity index (χ0) is 18.5. The predicted octanol–water partition coefficient (Wildman–Crippen LogP) is 6.47. The number of H-pyrrole nitrogens is 2. The van der Waals surface area contributed by atoms with Crippen LogP contribution in [0.15, 0.2) is 54.7 Å². The number of fused-ring (bicyclic) bond motifs is 2. The van der Waals surface area contributed by atoms with Crippen LogP contribution in [-0.2, 0) is 17.3 Å². The fraction of sp³-hybridized carbons (Fsp3) is 0.333.